The maximum atomic E-state index is 5.89. The minimum Gasteiger partial charge on any atom is -0.278 e. The Labute approximate surface area is 110 Å². The predicted molar refractivity (Wildman–Crippen MR) is 76.3 cm³/mol. The van der Waals surface area contributed by atoms with E-state index in [-0.39, 0.29) is 0 Å². The third-order valence-corrected chi connectivity index (χ3v) is 3.76. The summed E-state index contributed by atoms with van der Waals surface area (Å²) >= 11 is 7.42. The van der Waals surface area contributed by atoms with Crippen molar-refractivity contribution in [3.8, 4) is 0 Å². The number of para-hydroxylation sites is 1. The van der Waals surface area contributed by atoms with Crippen LogP contribution in [0.1, 0.15) is 17.4 Å². The van der Waals surface area contributed by atoms with Crippen LogP contribution in [0.15, 0.2) is 41.5 Å². The molecule has 0 atom stereocenters. The highest BCUT2D eigenvalue weighted by Gasteiger charge is 2.01. The van der Waals surface area contributed by atoms with Gasteiger partial charge in [-0.15, -0.1) is 11.3 Å². The molecule has 0 aliphatic carbocycles. The number of halogens is 1. The number of hydrogen-bond acceptors (Lipinski definition) is 3. The van der Waals surface area contributed by atoms with Crippen LogP contribution in [-0.2, 0) is 0 Å². The molecule has 0 spiro atoms. The SMILES string of the molecule is C/C(=N/Nc1ccccc1C)c1ccc(Cl)s1. The van der Waals surface area contributed by atoms with E-state index < -0.39 is 0 Å². The zero-order chi connectivity index (χ0) is 12.3. The minimum absolute atomic E-state index is 0.783. The average Bonchev–Trinajstić information content (AvgIpc) is 2.74. The van der Waals surface area contributed by atoms with Crippen molar-refractivity contribution in [1.82, 2.24) is 0 Å². The molecule has 0 aliphatic rings. The Balaban J connectivity index is 2.13. The summed E-state index contributed by atoms with van der Waals surface area (Å²) < 4.78 is 0.783. The molecule has 0 unspecified atom stereocenters. The number of hydrogen-bond donors (Lipinski definition) is 1. The van der Waals surface area contributed by atoms with Crippen LogP contribution in [0.5, 0.6) is 0 Å². The third kappa shape index (κ3) is 3.08. The van der Waals surface area contributed by atoms with Gasteiger partial charge in [-0.2, -0.15) is 5.10 Å². The van der Waals surface area contributed by atoms with E-state index in [1.54, 1.807) is 0 Å². The molecule has 0 fully saturated rings. The van der Waals surface area contributed by atoms with E-state index in [9.17, 15) is 0 Å². The summed E-state index contributed by atoms with van der Waals surface area (Å²) in [6.45, 7) is 4.02. The van der Waals surface area contributed by atoms with Gasteiger partial charge in [-0.25, -0.2) is 0 Å². The molecule has 0 saturated carbocycles. The third-order valence-electron chi connectivity index (χ3n) is 2.42. The van der Waals surface area contributed by atoms with Crippen LogP contribution in [0.4, 0.5) is 5.69 Å². The maximum Gasteiger partial charge on any atom is 0.0935 e. The number of anilines is 1. The van der Waals surface area contributed by atoms with E-state index in [4.69, 9.17) is 11.6 Å². The summed E-state index contributed by atoms with van der Waals surface area (Å²) in [6.07, 6.45) is 0. The van der Waals surface area contributed by atoms with Crippen LogP contribution in [0, 0.1) is 6.92 Å². The molecule has 2 rings (SSSR count). The fraction of sp³-hybridized carbons (Fsp3) is 0.154. The van der Waals surface area contributed by atoms with Gasteiger partial charge in [-0.05, 0) is 37.6 Å². The van der Waals surface area contributed by atoms with Gasteiger partial charge in [0, 0.05) is 0 Å². The lowest BCUT2D eigenvalue weighted by atomic mass is 10.2. The number of nitrogens with zero attached hydrogens (tertiary/aromatic N) is 1. The van der Waals surface area contributed by atoms with Gasteiger partial charge in [-0.3, -0.25) is 5.43 Å². The zero-order valence-electron chi connectivity index (χ0n) is 9.70. The molecule has 1 heterocycles. The summed E-state index contributed by atoms with van der Waals surface area (Å²) in [4.78, 5) is 1.08. The van der Waals surface area contributed by atoms with Crippen molar-refractivity contribution in [3.05, 3.63) is 51.2 Å². The van der Waals surface area contributed by atoms with E-state index in [1.165, 1.54) is 16.9 Å². The lowest BCUT2D eigenvalue weighted by Crippen LogP contribution is -1.98. The van der Waals surface area contributed by atoms with Crippen LogP contribution in [-0.4, -0.2) is 5.71 Å². The van der Waals surface area contributed by atoms with Crippen LogP contribution >= 0.6 is 22.9 Å². The highest BCUT2D eigenvalue weighted by Crippen LogP contribution is 2.22. The summed E-state index contributed by atoms with van der Waals surface area (Å²) in [7, 11) is 0. The lowest BCUT2D eigenvalue weighted by molar-refractivity contribution is 1.29. The minimum atomic E-state index is 0.783. The van der Waals surface area contributed by atoms with Crippen LogP contribution in [0.3, 0.4) is 0 Å². The molecule has 0 bridgehead atoms. The molecule has 2 aromatic rings. The molecule has 2 nitrogen and oxygen atoms in total. The number of rotatable bonds is 3. The number of thiophene rings is 1. The molecule has 1 aromatic carbocycles. The smallest absolute Gasteiger partial charge is 0.0935 e. The summed E-state index contributed by atoms with van der Waals surface area (Å²) in [5.74, 6) is 0. The first-order valence-electron chi connectivity index (χ1n) is 5.28. The predicted octanol–water partition coefficient (Wildman–Crippen LogP) is 4.55. The zero-order valence-corrected chi connectivity index (χ0v) is 11.3. The van der Waals surface area contributed by atoms with Gasteiger partial charge in [0.1, 0.15) is 0 Å². The number of nitrogens with one attached hydrogen (secondary N) is 1. The fourth-order valence-corrected chi connectivity index (χ4v) is 2.39. The summed E-state index contributed by atoms with van der Waals surface area (Å²) in [5, 5.41) is 4.36. The highest BCUT2D eigenvalue weighted by molar-refractivity contribution is 7.18. The van der Waals surface area contributed by atoms with Crippen LogP contribution in [0.2, 0.25) is 4.34 Å². The standard InChI is InChI=1S/C13H13ClN2S/c1-9-5-3-4-6-11(9)16-15-10(2)12-7-8-13(14)17-12/h3-8,16H,1-2H3/b15-10-. The monoisotopic (exact) mass is 264 g/mol. The van der Waals surface area contributed by atoms with Gasteiger partial charge in [-0.1, -0.05) is 29.8 Å². The van der Waals surface area contributed by atoms with Crippen LogP contribution < -0.4 is 5.43 Å². The van der Waals surface area contributed by atoms with Gasteiger partial charge in [0.2, 0.25) is 0 Å². The quantitative estimate of drug-likeness (QED) is 0.638. The first-order chi connectivity index (χ1) is 8.16. The van der Waals surface area contributed by atoms with Gasteiger partial charge in [0.15, 0.2) is 0 Å². The molecule has 1 aromatic heterocycles. The Hall–Kier alpha value is -1.32. The van der Waals surface area contributed by atoms with Crippen molar-refractivity contribution in [2.45, 2.75) is 13.8 Å². The average molecular weight is 265 g/mol. The lowest BCUT2D eigenvalue weighted by Gasteiger charge is -2.04. The van der Waals surface area contributed by atoms with E-state index in [0.29, 0.717) is 0 Å². The molecule has 17 heavy (non-hydrogen) atoms. The Morgan fingerprint density at radius 2 is 2.00 bits per heavy atom. The highest BCUT2D eigenvalue weighted by atomic mass is 35.5. The number of hydrazone groups is 1. The van der Waals surface area contributed by atoms with Crippen molar-refractivity contribution in [2.75, 3.05) is 5.43 Å². The van der Waals surface area contributed by atoms with Crippen LogP contribution in [0.25, 0.3) is 0 Å². The van der Waals surface area contributed by atoms with Crippen molar-refractivity contribution >= 4 is 34.3 Å². The Morgan fingerprint density at radius 1 is 1.24 bits per heavy atom. The normalized spacial score (nSPS) is 11.6. The first-order valence-corrected chi connectivity index (χ1v) is 6.48. The van der Waals surface area contributed by atoms with Crippen molar-refractivity contribution < 1.29 is 0 Å². The largest absolute Gasteiger partial charge is 0.278 e. The van der Waals surface area contributed by atoms with E-state index >= 15 is 0 Å². The fourth-order valence-electron chi connectivity index (χ4n) is 1.41. The Bertz CT molecular complexity index is 546. The maximum absolute atomic E-state index is 5.89. The molecule has 88 valence electrons. The second kappa shape index (κ2) is 5.34. The molecule has 0 radical (unpaired) electrons. The van der Waals surface area contributed by atoms with E-state index in [1.807, 2.05) is 37.3 Å². The molecule has 4 heteroatoms. The number of aryl methyl sites for hydroxylation is 1. The molecular formula is C13H13ClN2S. The molecular weight excluding hydrogens is 252 g/mol. The van der Waals surface area contributed by atoms with E-state index in [2.05, 4.69) is 23.5 Å². The first kappa shape index (κ1) is 12.1. The second-order valence-corrected chi connectivity index (χ2v) is 5.44. The van der Waals surface area contributed by atoms with Gasteiger partial charge >= 0.3 is 0 Å². The summed E-state index contributed by atoms with van der Waals surface area (Å²) in [6, 6.07) is 11.9. The Morgan fingerprint density at radius 3 is 2.65 bits per heavy atom. The topological polar surface area (TPSA) is 24.4 Å². The second-order valence-electron chi connectivity index (χ2n) is 3.73. The molecule has 0 saturated heterocycles. The van der Waals surface area contributed by atoms with Gasteiger partial charge < -0.3 is 0 Å². The van der Waals surface area contributed by atoms with Crippen molar-refractivity contribution in [2.24, 2.45) is 5.10 Å². The summed E-state index contributed by atoms with van der Waals surface area (Å²) in [5.41, 5.74) is 6.20. The molecule has 0 amide bonds. The van der Waals surface area contributed by atoms with Gasteiger partial charge in [0.25, 0.3) is 0 Å². The van der Waals surface area contributed by atoms with E-state index in [0.717, 1.165) is 20.6 Å². The van der Waals surface area contributed by atoms with Crippen molar-refractivity contribution in [3.63, 3.8) is 0 Å². The Kier molecular flexibility index (Phi) is 3.82. The molecule has 0 aliphatic heterocycles. The van der Waals surface area contributed by atoms with Gasteiger partial charge in [0.05, 0.1) is 20.6 Å². The number of benzene rings is 1. The van der Waals surface area contributed by atoms with Crippen molar-refractivity contribution in [1.29, 1.82) is 0 Å². The molecule has 1 N–H and O–H groups in total.